The van der Waals surface area contributed by atoms with Crippen molar-refractivity contribution in [3.63, 3.8) is 0 Å². The molecule has 0 N–H and O–H groups in total. The Balaban J connectivity index is 2.12. The van der Waals surface area contributed by atoms with E-state index in [0.29, 0.717) is 0 Å². The molecule has 0 aliphatic heterocycles. The normalized spacial score (nSPS) is 16.1. The Morgan fingerprint density at radius 2 is 1.80 bits per heavy atom. The number of aryl methyl sites for hydroxylation is 1. The van der Waals surface area contributed by atoms with Gasteiger partial charge in [-0.05, 0) is 54.6 Å². The average Bonchev–Trinajstić information content (AvgIpc) is 2.97. The summed E-state index contributed by atoms with van der Waals surface area (Å²) in [6, 6.07) is 7.13. The van der Waals surface area contributed by atoms with Crippen LogP contribution in [0.4, 0.5) is 0 Å². The lowest BCUT2D eigenvalue weighted by molar-refractivity contribution is 0.487. The molecule has 1 aromatic carbocycles. The molecule has 1 aliphatic carbocycles. The third-order valence-corrected chi connectivity index (χ3v) is 4.50. The molecule has 0 spiro atoms. The molecule has 1 nitrogen and oxygen atoms in total. The van der Waals surface area contributed by atoms with Crippen LogP contribution in [0.15, 0.2) is 24.4 Å². The van der Waals surface area contributed by atoms with Crippen LogP contribution >= 0.6 is 0 Å². The van der Waals surface area contributed by atoms with Crippen LogP contribution in [0, 0.1) is 5.92 Å². The highest BCUT2D eigenvalue weighted by Crippen LogP contribution is 2.28. The van der Waals surface area contributed by atoms with Gasteiger partial charge in [0.2, 0.25) is 0 Å². The molecule has 110 valence electrons. The number of nitrogens with zero attached hydrogens (tertiary/aromatic N) is 1. The Labute approximate surface area is 124 Å². The zero-order valence-electron chi connectivity index (χ0n) is 13.4. The van der Waals surface area contributed by atoms with Crippen molar-refractivity contribution in [2.75, 3.05) is 13.6 Å². The minimum Gasteiger partial charge on any atom is -0.381 e. The standard InChI is InChI=1S/C19H29N/c1-4-16-12-18(10-11-20(3)5-2)15-19(13-16)14-17-8-6-7-9-17/h10-13,15,17H,4-9,14H2,1-3H3/b11-10-. The minimum absolute atomic E-state index is 0.928. The van der Waals surface area contributed by atoms with E-state index in [9.17, 15) is 0 Å². The monoisotopic (exact) mass is 271 g/mol. The number of hydrogen-bond acceptors (Lipinski definition) is 1. The van der Waals surface area contributed by atoms with Crippen LogP contribution in [0.5, 0.6) is 0 Å². The van der Waals surface area contributed by atoms with Gasteiger partial charge in [0, 0.05) is 13.6 Å². The summed E-state index contributed by atoms with van der Waals surface area (Å²) < 4.78 is 0. The van der Waals surface area contributed by atoms with Crippen molar-refractivity contribution in [3.8, 4) is 0 Å². The Morgan fingerprint density at radius 1 is 1.10 bits per heavy atom. The van der Waals surface area contributed by atoms with Crippen LogP contribution in [0.25, 0.3) is 6.08 Å². The third kappa shape index (κ3) is 4.40. The van der Waals surface area contributed by atoms with Crippen LogP contribution in [-0.4, -0.2) is 18.5 Å². The maximum atomic E-state index is 2.42. The predicted molar refractivity (Wildman–Crippen MR) is 88.8 cm³/mol. The van der Waals surface area contributed by atoms with Gasteiger partial charge in [0.05, 0.1) is 0 Å². The summed E-state index contributed by atoms with van der Waals surface area (Å²) in [6.07, 6.45) is 12.6. The zero-order valence-corrected chi connectivity index (χ0v) is 13.4. The topological polar surface area (TPSA) is 3.24 Å². The van der Waals surface area contributed by atoms with E-state index in [1.807, 2.05) is 0 Å². The second-order valence-electron chi connectivity index (χ2n) is 6.18. The molecule has 0 heterocycles. The SMILES string of the molecule is CCc1cc(/C=C\N(C)CC)cc(CC2CCCC2)c1. The average molecular weight is 271 g/mol. The van der Waals surface area contributed by atoms with Crippen molar-refractivity contribution in [1.82, 2.24) is 4.90 Å². The van der Waals surface area contributed by atoms with Crippen LogP contribution in [0.2, 0.25) is 0 Å². The van der Waals surface area contributed by atoms with Crippen molar-refractivity contribution in [2.45, 2.75) is 52.4 Å². The number of hydrogen-bond donors (Lipinski definition) is 0. The Hall–Kier alpha value is -1.24. The molecule has 0 atom stereocenters. The van der Waals surface area contributed by atoms with Gasteiger partial charge in [-0.2, -0.15) is 0 Å². The highest BCUT2D eigenvalue weighted by Gasteiger charge is 2.15. The molecule has 0 aromatic heterocycles. The lowest BCUT2D eigenvalue weighted by atomic mass is 9.94. The fraction of sp³-hybridized carbons (Fsp3) is 0.579. The summed E-state index contributed by atoms with van der Waals surface area (Å²) in [5, 5.41) is 0. The van der Waals surface area contributed by atoms with E-state index in [0.717, 1.165) is 18.9 Å². The van der Waals surface area contributed by atoms with E-state index >= 15 is 0 Å². The fourth-order valence-corrected chi connectivity index (χ4v) is 3.08. The number of rotatable bonds is 6. The van der Waals surface area contributed by atoms with Gasteiger partial charge in [0.15, 0.2) is 0 Å². The first-order valence-electron chi connectivity index (χ1n) is 8.22. The van der Waals surface area contributed by atoms with Crippen molar-refractivity contribution in [1.29, 1.82) is 0 Å². The predicted octanol–water partition coefficient (Wildman–Crippen LogP) is 4.90. The molecule has 0 saturated heterocycles. The van der Waals surface area contributed by atoms with E-state index in [-0.39, 0.29) is 0 Å². The Kier molecular flexibility index (Phi) is 5.70. The summed E-state index contributed by atoms with van der Waals surface area (Å²) >= 11 is 0. The first-order valence-corrected chi connectivity index (χ1v) is 8.22. The smallest absolute Gasteiger partial charge is 0.0140 e. The van der Waals surface area contributed by atoms with Crippen molar-refractivity contribution >= 4 is 6.08 Å². The molecule has 0 unspecified atom stereocenters. The lowest BCUT2D eigenvalue weighted by Crippen LogP contribution is -2.08. The molecule has 0 bridgehead atoms. The molecule has 0 amide bonds. The third-order valence-electron chi connectivity index (χ3n) is 4.50. The van der Waals surface area contributed by atoms with Crippen molar-refractivity contribution in [2.24, 2.45) is 5.92 Å². The van der Waals surface area contributed by atoms with Gasteiger partial charge < -0.3 is 4.90 Å². The molecule has 20 heavy (non-hydrogen) atoms. The summed E-state index contributed by atoms with van der Waals surface area (Å²) in [7, 11) is 2.12. The molecule has 0 radical (unpaired) electrons. The van der Waals surface area contributed by atoms with E-state index in [4.69, 9.17) is 0 Å². The van der Waals surface area contributed by atoms with Gasteiger partial charge in [-0.1, -0.05) is 50.8 Å². The van der Waals surface area contributed by atoms with E-state index in [1.165, 1.54) is 48.8 Å². The molecule has 2 rings (SSSR count). The van der Waals surface area contributed by atoms with Crippen LogP contribution in [-0.2, 0) is 12.8 Å². The first kappa shape index (κ1) is 15.2. The highest BCUT2D eigenvalue weighted by atomic mass is 15.1. The maximum absolute atomic E-state index is 2.42. The van der Waals surface area contributed by atoms with Crippen molar-refractivity contribution in [3.05, 3.63) is 41.1 Å². The van der Waals surface area contributed by atoms with Crippen molar-refractivity contribution < 1.29 is 0 Å². The summed E-state index contributed by atoms with van der Waals surface area (Å²) in [5.41, 5.74) is 4.37. The second-order valence-corrected chi connectivity index (χ2v) is 6.18. The lowest BCUT2D eigenvalue weighted by Gasteiger charge is -2.13. The van der Waals surface area contributed by atoms with Crippen LogP contribution in [0.1, 0.15) is 56.2 Å². The van der Waals surface area contributed by atoms with Gasteiger partial charge in [0.25, 0.3) is 0 Å². The van der Waals surface area contributed by atoms with Gasteiger partial charge in [-0.15, -0.1) is 0 Å². The van der Waals surface area contributed by atoms with Gasteiger partial charge >= 0.3 is 0 Å². The fourth-order valence-electron chi connectivity index (χ4n) is 3.08. The van der Waals surface area contributed by atoms with Crippen LogP contribution < -0.4 is 0 Å². The molecule has 1 saturated carbocycles. The van der Waals surface area contributed by atoms with E-state index in [1.54, 1.807) is 0 Å². The van der Waals surface area contributed by atoms with Crippen LogP contribution in [0.3, 0.4) is 0 Å². The van der Waals surface area contributed by atoms with Gasteiger partial charge in [0.1, 0.15) is 0 Å². The molecule has 1 fully saturated rings. The summed E-state index contributed by atoms with van der Waals surface area (Å²) in [6.45, 7) is 5.48. The van der Waals surface area contributed by atoms with E-state index < -0.39 is 0 Å². The highest BCUT2D eigenvalue weighted by molar-refractivity contribution is 5.52. The van der Waals surface area contributed by atoms with E-state index in [2.05, 4.69) is 56.3 Å². The Morgan fingerprint density at radius 3 is 2.45 bits per heavy atom. The van der Waals surface area contributed by atoms with Gasteiger partial charge in [-0.25, -0.2) is 0 Å². The van der Waals surface area contributed by atoms with Gasteiger partial charge in [-0.3, -0.25) is 0 Å². The molecule has 1 heteroatoms. The largest absolute Gasteiger partial charge is 0.381 e. The molecular weight excluding hydrogens is 242 g/mol. The Bertz CT molecular complexity index is 441. The quantitative estimate of drug-likeness (QED) is 0.711. The molecular formula is C19H29N. The number of benzene rings is 1. The minimum atomic E-state index is 0.928. The summed E-state index contributed by atoms with van der Waals surface area (Å²) in [4.78, 5) is 2.22. The maximum Gasteiger partial charge on any atom is 0.0140 e. The zero-order chi connectivity index (χ0) is 14.4. The first-order chi connectivity index (χ1) is 9.71. The summed E-state index contributed by atoms with van der Waals surface area (Å²) in [5.74, 6) is 0.928. The second kappa shape index (κ2) is 7.52. The molecule has 1 aromatic rings. The molecule has 1 aliphatic rings.